The van der Waals surface area contributed by atoms with Crippen LogP contribution in [-0.4, -0.2) is 53.2 Å². The predicted molar refractivity (Wildman–Crippen MR) is 133 cm³/mol. The zero-order valence-electron chi connectivity index (χ0n) is 20.4. The molecule has 2 N–H and O–H groups in total. The quantitative estimate of drug-likeness (QED) is 0.596. The zero-order valence-corrected chi connectivity index (χ0v) is 20.4. The number of alkyl carbamates (subject to hydrolysis) is 1. The highest BCUT2D eigenvalue weighted by Gasteiger charge is 2.37. The second-order valence-electron chi connectivity index (χ2n) is 9.57. The molecule has 0 spiro atoms. The first kappa shape index (κ1) is 24.8. The second-order valence-corrected chi connectivity index (χ2v) is 9.57. The minimum absolute atomic E-state index is 0.0760. The fourth-order valence-electron chi connectivity index (χ4n) is 5.26. The van der Waals surface area contributed by atoms with Gasteiger partial charge in [0.05, 0.1) is 0 Å². The zero-order chi connectivity index (χ0) is 24.9. The Morgan fingerprint density at radius 1 is 1.03 bits per heavy atom. The number of carboxylic acid groups (broad SMARTS) is 1. The number of aliphatic carboxylic acids is 1. The molecule has 3 atom stereocenters. The van der Waals surface area contributed by atoms with Crippen molar-refractivity contribution in [3.05, 3.63) is 59.7 Å². The fourth-order valence-corrected chi connectivity index (χ4v) is 5.26. The van der Waals surface area contributed by atoms with Crippen LogP contribution in [0, 0.1) is 5.92 Å². The van der Waals surface area contributed by atoms with E-state index >= 15 is 0 Å². The highest BCUT2D eigenvalue weighted by atomic mass is 16.5. The van der Waals surface area contributed by atoms with Crippen molar-refractivity contribution >= 4 is 18.0 Å². The largest absolute Gasteiger partial charge is 0.480 e. The summed E-state index contributed by atoms with van der Waals surface area (Å²) < 4.78 is 5.66. The Kier molecular flexibility index (Phi) is 7.73. The molecule has 1 saturated heterocycles. The standard InChI is InChI=1S/C28H34N2O5/c1-3-18(2)25(26(31)30-16-10-4-5-15-24(30)27(32)33)29-28(34)35-17-23-21-13-8-6-11-19(21)20-12-7-9-14-22(20)23/h6-9,11-14,18,23-25H,3-5,10,15-17H2,1-2H3,(H,29,34)(H,32,33)/t18-,24?,25-/m0/s1. The molecule has 0 saturated carbocycles. The van der Waals surface area contributed by atoms with Crippen molar-refractivity contribution in [2.75, 3.05) is 13.2 Å². The molecule has 0 bridgehead atoms. The van der Waals surface area contributed by atoms with Gasteiger partial charge in [-0.2, -0.15) is 0 Å². The van der Waals surface area contributed by atoms with Crippen LogP contribution >= 0.6 is 0 Å². The van der Waals surface area contributed by atoms with Gasteiger partial charge in [-0.1, -0.05) is 81.6 Å². The molecule has 4 rings (SSSR count). The summed E-state index contributed by atoms with van der Waals surface area (Å²) in [5.74, 6) is -1.58. The van der Waals surface area contributed by atoms with E-state index in [2.05, 4.69) is 29.6 Å². The summed E-state index contributed by atoms with van der Waals surface area (Å²) in [6.45, 7) is 4.37. The number of likely N-dealkylation sites (tertiary alicyclic amines) is 1. The first-order valence-corrected chi connectivity index (χ1v) is 12.6. The number of nitrogens with zero attached hydrogens (tertiary/aromatic N) is 1. The molecule has 1 aliphatic heterocycles. The smallest absolute Gasteiger partial charge is 0.407 e. The van der Waals surface area contributed by atoms with Gasteiger partial charge in [0.15, 0.2) is 0 Å². The molecule has 7 nitrogen and oxygen atoms in total. The predicted octanol–water partition coefficient (Wildman–Crippen LogP) is 4.80. The highest BCUT2D eigenvalue weighted by molar-refractivity contribution is 5.89. The van der Waals surface area contributed by atoms with Crippen LogP contribution in [0.4, 0.5) is 4.79 Å². The van der Waals surface area contributed by atoms with Gasteiger partial charge in [-0.3, -0.25) is 4.79 Å². The van der Waals surface area contributed by atoms with Gasteiger partial charge in [-0.15, -0.1) is 0 Å². The lowest BCUT2D eigenvalue weighted by atomic mass is 9.97. The molecule has 0 radical (unpaired) electrons. The SMILES string of the molecule is CC[C@H](C)[C@H](NC(=O)OCC1c2ccccc2-c2ccccc21)C(=O)N1CCCCCC1C(=O)O. The lowest BCUT2D eigenvalue weighted by Crippen LogP contribution is -2.56. The highest BCUT2D eigenvalue weighted by Crippen LogP contribution is 2.44. The number of hydrogen-bond acceptors (Lipinski definition) is 4. The van der Waals surface area contributed by atoms with Crippen LogP contribution in [0.2, 0.25) is 0 Å². The average molecular weight is 479 g/mol. The molecule has 186 valence electrons. The lowest BCUT2D eigenvalue weighted by molar-refractivity contribution is -0.151. The van der Waals surface area contributed by atoms with E-state index in [1.54, 1.807) is 0 Å². The van der Waals surface area contributed by atoms with Gasteiger partial charge in [-0.05, 0) is 41.0 Å². The maximum atomic E-state index is 13.5. The summed E-state index contributed by atoms with van der Waals surface area (Å²) in [5.41, 5.74) is 4.52. The number of fused-ring (bicyclic) bond motifs is 3. The summed E-state index contributed by atoms with van der Waals surface area (Å²) in [4.78, 5) is 39.7. The van der Waals surface area contributed by atoms with Gasteiger partial charge < -0.3 is 20.1 Å². The van der Waals surface area contributed by atoms with Crippen molar-refractivity contribution in [1.29, 1.82) is 0 Å². The average Bonchev–Trinajstić information content (AvgIpc) is 3.00. The summed E-state index contributed by atoms with van der Waals surface area (Å²) in [6, 6.07) is 14.5. The molecule has 1 fully saturated rings. The van der Waals surface area contributed by atoms with Crippen LogP contribution < -0.4 is 5.32 Å². The van der Waals surface area contributed by atoms with Gasteiger partial charge in [-0.25, -0.2) is 9.59 Å². The van der Waals surface area contributed by atoms with Crippen LogP contribution in [0.1, 0.15) is 63.0 Å². The Hall–Kier alpha value is -3.35. The molecule has 2 aromatic rings. The molecule has 1 unspecified atom stereocenters. The van der Waals surface area contributed by atoms with Crippen LogP contribution in [0.5, 0.6) is 0 Å². The van der Waals surface area contributed by atoms with Crippen molar-refractivity contribution in [2.24, 2.45) is 5.92 Å². The molecule has 0 aromatic heterocycles. The molecule has 35 heavy (non-hydrogen) atoms. The first-order valence-electron chi connectivity index (χ1n) is 12.6. The van der Waals surface area contributed by atoms with Crippen molar-refractivity contribution in [2.45, 2.75) is 64.0 Å². The van der Waals surface area contributed by atoms with Crippen LogP contribution in [-0.2, 0) is 14.3 Å². The third-order valence-corrected chi connectivity index (χ3v) is 7.42. The Morgan fingerprint density at radius 2 is 1.66 bits per heavy atom. The normalized spacial score (nSPS) is 19.1. The van der Waals surface area contributed by atoms with Crippen molar-refractivity contribution in [3.8, 4) is 11.1 Å². The minimum Gasteiger partial charge on any atom is -0.480 e. The molecule has 7 heteroatoms. The number of ether oxygens (including phenoxy) is 1. The van der Waals surface area contributed by atoms with E-state index in [0.717, 1.165) is 41.5 Å². The topological polar surface area (TPSA) is 95.9 Å². The van der Waals surface area contributed by atoms with Crippen LogP contribution in [0.3, 0.4) is 0 Å². The molecule has 1 aliphatic carbocycles. The van der Waals surface area contributed by atoms with Gasteiger partial charge >= 0.3 is 12.1 Å². The Bertz CT molecular complexity index is 1040. The minimum atomic E-state index is -0.996. The van der Waals surface area contributed by atoms with Gasteiger partial charge in [0.1, 0.15) is 18.7 Å². The van der Waals surface area contributed by atoms with Crippen LogP contribution in [0.15, 0.2) is 48.5 Å². The first-order chi connectivity index (χ1) is 16.9. The number of benzene rings is 2. The molecule has 2 aromatic carbocycles. The number of hydrogen-bond donors (Lipinski definition) is 2. The van der Waals surface area contributed by atoms with Crippen molar-refractivity contribution in [3.63, 3.8) is 0 Å². The Balaban J connectivity index is 1.47. The number of amides is 2. The van der Waals surface area contributed by atoms with E-state index in [1.807, 2.05) is 38.1 Å². The fraction of sp³-hybridized carbons (Fsp3) is 0.464. The lowest BCUT2D eigenvalue weighted by Gasteiger charge is -2.33. The maximum Gasteiger partial charge on any atom is 0.407 e. The summed E-state index contributed by atoms with van der Waals surface area (Å²) >= 11 is 0. The summed E-state index contributed by atoms with van der Waals surface area (Å²) in [6.07, 6.45) is 2.85. The number of carboxylic acids is 1. The van der Waals surface area contributed by atoms with E-state index in [9.17, 15) is 19.5 Å². The van der Waals surface area contributed by atoms with Crippen molar-refractivity contribution < 1.29 is 24.2 Å². The number of carbonyl (C=O) groups excluding carboxylic acids is 2. The molecule has 2 aliphatic rings. The van der Waals surface area contributed by atoms with Gasteiger partial charge in [0.25, 0.3) is 0 Å². The monoisotopic (exact) mass is 478 g/mol. The van der Waals surface area contributed by atoms with E-state index in [4.69, 9.17) is 4.74 Å². The third kappa shape index (κ3) is 5.19. The van der Waals surface area contributed by atoms with Crippen molar-refractivity contribution in [1.82, 2.24) is 10.2 Å². The Labute approximate surface area is 206 Å². The van der Waals surface area contributed by atoms with E-state index < -0.39 is 24.1 Å². The molecular formula is C28H34N2O5. The maximum absolute atomic E-state index is 13.5. The Morgan fingerprint density at radius 3 is 2.26 bits per heavy atom. The number of carbonyl (C=O) groups is 3. The molecular weight excluding hydrogens is 444 g/mol. The van der Waals surface area contributed by atoms with Gasteiger partial charge in [0.2, 0.25) is 5.91 Å². The van der Waals surface area contributed by atoms with Crippen LogP contribution in [0.25, 0.3) is 11.1 Å². The molecule has 1 heterocycles. The summed E-state index contributed by atoms with van der Waals surface area (Å²) in [7, 11) is 0. The van der Waals surface area contributed by atoms with E-state index in [0.29, 0.717) is 19.4 Å². The van der Waals surface area contributed by atoms with E-state index in [1.165, 1.54) is 4.90 Å². The third-order valence-electron chi connectivity index (χ3n) is 7.42. The number of rotatable bonds is 7. The van der Waals surface area contributed by atoms with Gasteiger partial charge in [0, 0.05) is 12.5 Å². The second kappa shape index (κ2) is 10.9. The number of nitrogens with one attached hydrogen (secondary N) is 1. The summed E-state index contributed by atoms with van der Waals surface area (Å²) in [5, 5.41) is 12.5. The molecule has 2 amide bonds. The van der Waals surface area contributed by atoms with E-state index in [-0.39, 0.29) is 24.3 Å².